The summed E-state index contributed by atoms with van der Waals surface area (Å²) in [5.74, 6) is -0.0910. The van der Waals surface area contributed by atoms with Gasteiger partial charge in [-0.1, -0.05) is 38.8 Å². The zero-order chi connectivity index (χ0) is 12.7. The molecule has 3 heteroatoms. The summed E-state index contributed by atoms with van der Waals surface area (Å²) in [4.78, 5) is 11.8. The van der Waals surface area contributed by atoms with Gasteiger partial charge in [0.05, 0.1) is 6.04 Å². The van der Waals surface area contributed by atoms with E-state index < -0.39 is 6.04 Å². The summed E-state index contributed by atoms with van der Waals surface area (Å²) in [5, 5.41) is 2.86. The van der Waals surface area contributed by atoms with Crippen LogP contribution < -0.4 is 11.1 Å². The second-order valence-electron chi connectivity index (χ2n) is 4.29. The summed E-state index contributed by atoms with van der Waals surface area (Å²) in [6, 6.07) is 7.48. The van der Waals surface area contributed by atoms with E-state index in [1.165, 1.54) is 5.56 Å². The summed E-state index contributed by atoms with van der Waals surface area (Å²) in [5.41, 5.74) is 7.86. The SMILES string of the molecule is CCCCC(N)C(=O)Nc1cccc(CC)c1. The molecule has 0 saturated carbocycles. The van der Waals surface area contributed by atoms with Crippen LogP contribution in [0.5, 0.6) is 0 Å². The van der Waals surface area contributed by atoms with Gasteiger partial charge in [0.2, 0.25) is 5.91 Å². The summed E-state index contributed by atoms with van der Waals surface area (Å²) in [7, 11) is 0. The molecular formula is C14H22N2O. The maximum absolute atomic E-state index is 11.8. The predicted molar refractivity (Wildman–Crippen MR) is 72.0 cm³/mol. The molecule has 0 saturated heterocycles. The molecule has 1 aromatic rings. The Morgan fingerprint density at radius 3 is 2.82 bits per heavy atom. The number of hydrogen-bond donors (Lipinski definition) is 2. The Hall–Kier alpha value is -1.35. The molecule has 0 aromatic heterocycles. The zero-order valence-electron chi connectivity index (χ0n) is 10.7. The monoisotopic (exact) mass is 234 g/mol. The fraction of sp³-hybridized carbons (Fsp3) is 0.500. The first kappa shape index (κ1) is 13.7. The third kappa shape index (κ3) is 4.57. The highest BCUT2D eigenvalue weighted by atomic mass is 16.2. The molecule has 0 aliphatic rings. The molecular weight excluding hydrogens is 212 g/mol. The minimum absolute atomic E-state index is 0.0910. The van der Waals surface area contributed by atoms with Crippen molar-refractivity contribution in [2.24, 2.45) is 5.73 Å². The molecule has 1 rings (SSSR count). The fourth-order valence-corrected chi connectivity index (χ4v) is 1.66. The lowest BCUT2D eigenvalue weighted by Crippen LogP contribution is -2.35. The number of rotatable bonds is 6. The Kier molecular flexibility index (Phi) is 5.70. The number of hydrogen-bond acceptors (Lipinski definition) is 2. The minimum Gasteiger partial charge on any atom is -0.325 e. The predicted octanol–water partition coefficient (Wildman–Crippen LogP) is 2.71. The van der Waals surface area contributed by atoms with Crippen molar-refractivity contribution in [3.8, 4) is 0 Å². The van der Waals surface area contributed by atoms with Crippen LogP contribution >= 0.6 is 0 Å². The van der Waals surface area contributed by atoms with E-state index in [4.69, 9.17) is 5.73 Å². The van der Waals surface area contributed by atoms with Crippen LogP contribution in [-0.4, -0.2) is 11.9 Å². The quantitative estimate of drug-likeness (QED) is 0.795. The standard InChI is InChI=1S/C14H22N2O/c1-3-5-9-13(15)14(17)16-12-8-6-7-11(4-2)10-12/h6-8,10,13H,3-5,9,15H2,1-2H3,(H,16,17). The lowest BCUT2D eigenvalue weighted by atomic mass is 10.1. The maximum Gasteiger partial charge on any atom is 0.241 e. The number of anilines is 1. The Morgan fingerprint density at radius 2 is 2.18 bits per heavy atom. The van der Waals surface area contributed by atoms with E-state index >= 15 is 0 Å². The number of aryl methyl sites for hydroxylation is 1. The molecule has 0 spiro atoms. The van der Waals surface area contributed by atoms with Gasteiger partial charge in [0, 0.05) is 5.69 Å². The number of amides is 1. The average Bonchev–Trinajstić information content (AvgIpc) is 2.36. The Balaban J connectivity index is 2.54. The molecule has 0 aliphatic carbocycles. The molecule has 0 radical (unpaired) electrons. The molecule has 17 heavy (non-hydrogen) atoms. The Bertz CT molecular complexity index is 363. The Labute approximate surface area is 103 Å². The van der Waals surface area contributed by atoms with Gasteiger partial charge in [-0.15, -0.1) is 0 Å². The smallest absolute Gasteiger partial charge is 0.241 e. The minimum atomic E-state index is -0.403. The van der Waals surface area contributed by atoms with Crippen LogP contribution in [0.1, 0.15) is 38.7 Å². The van der Waals surface area contributed by atoms with Gasteiger partial charge in [-0.05, 0) is 30.5 Å². The van der Waals surface area contributed by atoms with E-state index in [-0.39, 0.29) is 5.91 Å². The number of carbonyl (C=O) groups is 1. The van der Waals surface area contributed by atoms with Gasteiger partial charge >= 0.3 is 0 Å². The van der Waals surface area contributed by atoms with Crippen molar-refractivity contribution in [1.82, 2.24) is 0 Å². The van der Waals surface area contributed by atoms with Crippen LogP contribution in [-0.2, 0) is 11.2 Å². The summed E-state index contributed by atoms with van der Waals surface area (Å²) >= 11 is 0. The average molecular weight is 234 g/mol. The van der Waals surface area contributed by atoms with E-state index in [1.807, 2.05) is 24.3 Å². The number of nitrogens with one attached hydrogen (secondary N) is 1. The van der Waals surface area contributed by atoms with Crippen molar-refractivity contribution >= 4 is 11.6 Å². The first-order valence-corrected chi connectivity index (χ1v) is 6.32. The van der Waals surface area contributed by atoms with Crippen molar-refractivity contribution in [3.63, 3.8) is 0 Å². The molecule has 3 N–H and O–H groups in total. The highest BCUT2D eigenvalue weighted by Crippen LogP contribution is 2.11. The topological polar surface area (TPSA) is 55.1 Å². The third-order valence-electron chi connectivity index (χ3n) is 2.81. The van der Waals surface area contributed by atoms with Gasteiger partial charge in [-0.2, -0.15) is 0 Å². The Morgan fingerprint density at radius 1 is 1.41 bits per heavy atom. The normalized spacial score (nSPS) is 12.2. The van der Waals surface area contributed by atoms with Crippen LogP contribution in [0, 0.1) is 0 Å². The molecule has 1 atom stereocenters. The van der Waals surface area contributed by atoms with E-state index in [2.05, 4.69) is 19.2 Å². The molecule has 0 heterocycles. The van der Waals surface area contributed by atoms with Crippen molar-refractivity contribution in [2.45, 2.75) is 45.6 Å². The van der Waals surface area contributed by atoms with Crippen LogP contribution in [0.3, 0.4) is 0 Å². The van der Waals surface area contributed by atoms with Gasteiger partial charge in [-0.3, -0.25) is 4.79 Å². The van der Waals surface area contributed by atoms with Gasteiger partial charge in [0.25, 0.3) is 0 Å². The van der Waals surface area contributed by atoms with E-state index in [1.54, 1.807) is 0 Å². The number of nitrogens with two attached hydrogens (primary N) is 1. The van der Waals surface area contributed by atoms with Crippen molar-refractivity contribution < 1.29 is 4.79 Å². The molecule has 94 valence electrons. The molecule has 0 fully saturated rings. The first-order chi connectivity index (χ1) is 8.17. The van der Waals surface area contributed by atoms with Gasteiger partial charge in [-0.25, -0.2) is 0 Å². The lowest BCUT2D eigenvalue weighted by molar-refractivity contribution is -0.117. The molecule has 1 aromatic carbocycles. The van der Waals surface area contributed by atoms with Crippen LogP contribution in [0.25, 0.3) is 0 Å². The number of benzene rings is 1. The van der Waals surface area contributed by atoms with Crippen LogP contribution in [0.2, 0.25) is 0 Å². The lowest BCUT2D eigenvalue weighted by Gasteiger charge is -2.12. The van der Waals surface area contributed by atoms with E-state index in [9.17, 15) is 4.79 Å². The van der Waals surface area contributed by atoms with Crippen molar-refractivity contribution in [1.29, 1.82) is 0 Å². The van der Waals surface area contributed by atoms with Gasteiger partial charge in [0.1, 0.15) is 0 Å². The number of unbranched alkanes of at least 4 members (excludes halogenated alkanes) is 1. The maximum atomic E-state index is 11.8. The molecule has 0 aliphatic heterocycles. The van der Waals surface area contributed by atoms with Crippen LogP contribution in [0.15, 0.2) is 24.3 Å². The summed E-state index contributed by atoms with van der Waals surface area (Å²) in [6.07, 6.45) is 3.76. The fourth-order valence-electron chi connectivity index (χ4n) is 1.66. The third-order valence-corrected chi connectivity index (χ3v) is 2.81. The highest BCUT2D eigenvalue weighted by Gasteiger charge is 2.12. The molecule has 3 nitrogen and oxygen atoms in total. The molecule has 1 unspecified atom stereocenters. The van der Waals surface area contributed by atoms with Gasteiger partial charge in [0.15, 0.2) is 0 Å². The van der Waals surface area contributed by atoms with E-state index in [0.717, 1.165) is 31.4 Å². The van der Waals surface area contributed by atoms with Crippen molar-refractivity contribution in [2.75, 3.05) is 5.32 Å². The summed E-state index contributed by atoms with van der Waals surface area (Å²) < 4.78 is 0. The number of carbonyl (C=O) groups excluding carboxylic acids is 1. The second kappa shape index (κ2) is 7.07. The summed E-state index contributed by atoms with van der Waals surface area (Å²) in [6.45, 7) is 4.18. The first-order valence-electron chi connectivity index (χ1n) is 6.32. The second-order valence-corrected chi connectivity index (χ2v) is 4.29. The molecule has 0 bridgehead atoms. The largest absolute Gasteiger partial charge is 0.325 e. The zero-order valence-corrected chi connectivity index (χ0v) is 10.7. The molecule has 1 amide bonds. The highest BCUT2D eigenvalue weighted by molar-refractivity contribution is 5.94. The van der Waals surface area contributed by atoms with Gasteiger partial charge < -0.3 is 11.1 Å². The van der Waals surface area contributed by atoms with Crippen molar-refractivity contribution in [3.05, 3.63) is 29.8 Å². The van der Waals surface area contributed by atoms with E-state index in [0.29, 0.717) is 0 Å². The van der Waals surface area contributed by atoms with Crippen LogP contribution in [0.4, 0.5) is 5.69 Å².